The molecule has 0 aromatic carbocycles. The van der Waals surface area contributed by atoms with Crippen molar-refractivity contribution in [3.05, 3.63) is 0 Å². The van der Waals surface area contributed by atoms with Crippen LogP contribution in [0.2, 0.25) is 0 Å². The van der Waals surface area contributed by atoms with Gasteiger partial charge in [0.1, 0.15) is 12.1 Å². The van der Waals surface area contributed by atoms with Gasteiger partial charge < -0.3 is 24.8 Å². The lowest BCUT2D eigenvalue weighted by Crippen LogP contribution is -2.62. The minimum Gasteiger partial charge on any atom is -0.461 e. The van der Waals surface area contributed by atoms with Crippen LogP contribution in [0.4, 0.5) is 0 Å². The highest BCUT2D eigenvalue weighted by Gasteiger charge is 2.85. The summed E-state index contributed by atoms with van der Waals surface area (Å²) in [5.41, 5.74) is -2.14. The number of halogens is 2. The Hall–Kier alpha value is -0.190. The molecule has 6 fully saturated rings. The number of aliphatic hydroxyl groups is 3. The van der Waals surface area contributed by atoms with Crippen LogP contribution in [0.3, 0.4) is 0 Å². The Kier molecular flexibility index (Phi) is 8.60. The monoisotopic (exact) mass is 672 g/mol. The number of hydrogen-bond donors (Lipinski definition) is 5. The van der Waals surface area contributed by atoms with Crippen molar-refractivity contribution in [1.82, 2.24) is 9.67 Å². The molecule has 8 nitrogen and oxygen atoms in total. The molecule has 2 unspecified atom stereocenters. The summed E-state index contributed by atoms with van der Waals surface area (Å²) in [6, 6.07) is -0.659. The molecule has 45 heavy (non-hydrogen) atoms. The highest BCUT2D eigenvalue weighted by atomic mass is 35.5. The summed E-state index contributed by atoms with van der Waals surface area (Å²) in [5, 5.41) is 34.0. The van der Waals surface area contributed by atoms with Gasteiger partial charge in [-0.1, -0.05) is 27.7 Å². The lowest BCUT2D eigenvalue weighted by atomic mass is 9.41. The zero-order chi connectivity index (χ0) is 33.0. The predicted octanol–water partition coefficient (Wildman–Crippen LogP) is 5.62. The SMILES string of the molecule is CC(C)(O)[C@@H]1CC[C@](C)([C@H]2[C@@H](OC(=O)[C@@H](CCCNCl)NCl)C[C@@]3(C)C4C[C@H](O)[C@H]5C(C)(C)[C@@H](O)CC[C@@]56CC46CC[C@]23C)O1. The number of rotatable bonds is 9. The summed E-state index contributed by atoms with van der Waals surface area (Å²) >= 11 is 11.8. The second-order valence-corrected chi connectivity index (χ2v) is 18.5. The minimum absolute atomic E-state index is 0.0521. The van der Waals surface area contributed by atoms with Gasteiger partial charge in [0.25, 0.3) is 0 Å². The molecule has 0 amide bonds. The molecule has 1 aliphatic heterocycles. The number of aliphatic hydroxyl groups excluding tert-OH is 2. The first-order valence-corrected chi connectivity index (χ1v) is 18.3. The van der Waals surface area contributed by atoms with Crippen molar-refractivity contribution in [3.63, 3.8) is 0 Å². The highest BCUT2D eigenvalue weighted by molar-refractivity contribution is 6.14. The average Bonchev–Trinajstić information content (AvgIpc) is 3.29. The molecule has 13 atom stereocenters. The Labute approximate surface area is 280 Å². The van der Waals surface area contributed by atoms with Crippen molar-refractivity contribution in [3.8, 4) is 0 Å². The third-order valence-electron chi connectivity index (χ3n) is 15.2. The number of carbonyl (C=O) groups excluding carboxylic acids is 1. The lowest BCUT2D eigenvalue weighted by Gasteiger charge is -2.64. The van der Waals surface area contributed by atoms with Gasteiger partial charge in [-0.25, -0.2) is 9.67 Å². The number of hydrogen-bond acceptors (Lipinski definition) is 8. The Morgan fingerprint density at radius 2 is 1.71 bits per heavy atom. The lowest BCUT2D eigenvalue weighted by molar-refractivity contribution is -0.214. The zero-order valence-electron chi connectivity index (χ0n) is 28.4. The third-order valence-corrected chi connectivity index (χ3v) is 15.7. The second kappa shape index (κ2) is 11.2. The van der Waals surface area contributed by atoms with E-state index >= 15 is 0 Å². The third kappa shape index (κ3) is 4.84. The van der Waals surface area contributed by atoms with Crippen LogP contribution in [-0.4, -0.2) is 69.5 Å². The number of fused-ring (bicyclic) bond motifs is 2. The van der Waals surface area contributed by atoms with Crippen LogP contribution in [-0.2, 0) is 14.3 Å². The quantitative estimate of drug-likeness (QED) is 0.122. The Morgan fingerprint density at radius 1 is 1.00 bits per heavy atom. The summed E-state index contributed by atoms with van der Waals surface area (Å²) in [6.45, 7) is 15.5. The molecule has 1 saturated heterocycles. The van der Waals surface area contributed by atoms with Crippen LogP contribution in [0.15, 0.2) is 0 Å². The van der Waals surface area contributed by atoms with Crippen molar-refractivity contribution < 1.29 is 29.6 Å². The summed E-state index contributed by atoms with van der Waals surface area (Å²) in [5.74, 6) is -0.0761. The Bertz CT molecular complexity index is 1170. The maximum absolute atomic E-state index is 13.8. The van der Waals surface area contributed by atoms with Crippen molar-refractivity contribution in [2.24, 2.45) is 44.8 Å². The van der Waals surface area contributed by atoms with Crippen LogP contribution < -0.4 is 9.67 Å². The summed E-state index contributed by atoms with van der Waals surface area (Å²) < 4.78 is 13.4. The molecule has 6 rings (SSSR count). The maximum Gasteiger partial charge on any atom is 0.324 e. The van der Waals surface area contributed by atoms with Crippen LogP contribution in [0, 0.1) is 44.8 Å². The molecule has 0 aromatic rings. The topological polar surface area (TPSA) is 120 Å². The number of esters is 1. The maximum atomic E-state index is 13.8. The van der Waals surface area contributed by atoms with Gasteiger partial charge in [-0.05, 0) is 154 Å². The van der Waals surface area contributed by atoms with E-state index < -0.39 is 29.5 Å². The van der Waals surface area contributed by atoms with Crippen LogP contribution in [0.25, 0.3) is 0 Å². The molecule has 0 bridgehead atoms. The molecule has 2 spiro atoms. The van der Waals surface area contributed by atoms with E-state index in [9.17, 15) is 20.1 Å². The van der Waals surface area contributed by atoms with Crippen LogP contribution >= 0.6 is 23.6 Å². The molecule has 10 heteroatoms. The number of nitrogens with one attached hydrogen (secondary N) is 2. The smallest absolute Gasteiger partial charge is 0.324 e. The zero-order valence-corrected chi connectivity index (χ0v) is 29.9. The molecule has 5 saturated carbocycles. The van der Waals surface area contributed by atoms with E-state index in [1.165, 1.54) is 0 Å². The fraction of sp³-hybridized carbons (Fsp3) is 0.971. The van der Waals surface area contributed by atoms with E-state index in [1.54, 1.807) is 0 Å². The van der Waals surface area contributed by atoms with Gasteiger partial charge in [-0.15, -0.1) is 0 Å². The van der Waals surface area contributed by atoms with Crippen LogP contribution in [0.1, 0.15) is 119 Å². The molecule has 1 heterocycles. The molecule has 0 aromatic heterocycles. The van der Waals surface area contributed by atoms with E-state index in [0.29, 0.717) is 32.2 Å². The van der Waals surface area contributed by atoms with Gasteiger partial charge >= 0.3 is 5.97 Å². The van der Waals surface area contributed by atoms with Crippen molar-refractivity contribution in [1.29, 1.82) is 0 Å². The fourth-order valence-electron chi connectivity index (χ4n) is 13.0. The molecule has 258 valence electrons. The van der Waals surface area contributed by atoms with Gasteiger partial charge in [0.2, 0.25) is 0 Å². The fourth-order valence-corrected chi connectivity index (χ4v) is 13.4. The summed E-state index contributed by atoms with van der Waals surface area (Å²) in [7, 11) is 0. The largest absolute Gasteiger partial charge is 0.461 e. The van der Waals surface area contributed by atoms with E-state index in [2.05, 4.69) is 44.3 Å². The second-order valence-electron chi connectivity index (χ2n) is 18.0. The predicted molar refractivity (Wildman–Crippen MR) is 174 cm³/mol. The molecular weight excluding hydrogens is 615 g/mol. The molecule has 5 aliphatic carbocycles. The van der Waals surface area contributed by atoms with Gasteiger partial charge in [0, 0.05) is 12.5 Å². The standard InChI is InChI=1S/C35H58Cl2N2O6/c1-29(2)24(41)10-13-35-19-34(35)15-14-31(5)27(33(7)12-11-25(45-33)30(3,4)43)22(44-28(42)20(39-37)9-8-16-38-36)18-32(31,6)23(34)17-21(40)26(29)35/h20-27,38-41,43H,8-19H2,1-7H3/t20-,21+,22+,23?,24+,25+,26+,27+,31-,32+,33-,34?,35-/m1/s1. The van der Waals surface area contributed by atoms with Crippen molar-refractivity contribution in [2.75, 3.05) is 6.54 Å². The summed E-state index contributed by atoms with van der Waals surface area (Å²) in [6.07, 6.45) is 7.49. The van der Waals surface area contributed by atoms with Crippen LogP contribution in [0.5, 0.6) is 0 Å². The molecule has 0 radical (unpaired) electrons. The van der Waals surface area contributed by atoms with Gasteiger partial charge in [-0.3, -0.25) is 4.79 Å². The molecule has 6 aliphatic rings. The first-order chi connectivity index (χ1) is 20.9. The Morgan fingerprint density at radius 3 is 2.33 bits per heavy atom. The van der Waals surface area contributed by atoms with Gasteiger partial charge in [0.05, 0.1) is 29.5 Å². The Balaban J connectivity index is 1.37. The summed E-state index contributed by atoms with van der Waals surface area (Å²) in [4.78, 5) is 19.0. The van der Waals surface area contributed by atoms with E-state index in [4.69, 9.17) is 33.0 Å². The molecular formula is C35H58Cl2N2O6. The highest BCUT2D eigenvalue weighted by Crippen LogP contribution is 2.89. The number of ether oxygens (including phenoxy) is 2. The first kappa shape index (κ1) is 34.7. The van der Waals surface area contributed by atoms with Gasteiger partial charge in [0.15, 0.2) is 0 Å². The van der Waals surface area contributed by atoms with Crippen molar-refractivity contribution >= 4 is 29.5 Å². The first-order valence-electron chi connectivity index (χ1n) is 17.5. The average molecular weight is 674 g/mol. The van der Waals surface area contributed by atoms with E-state index in [0.717, 1.165) is 44.9 Å². The molecule has 5 N–H and O–H groups in total. The van der Waals surface area contributed by atoms with E-state index in [1.807, 2.05) is 13.8 Å². The number of carbonyl (C=O) groups is 1. The van der Waals surface area contributed by atoms with Crippen molar-refractivity contribution in [2.45, 2.75) is 161 Å². The van der Waals surface area contributed by atoms with E-state index in [-0.39, 0.29) is 63.0 Å². The minimum atomic E-state index is -0.977. The van der Waals surface area contributed by atoms with Gasteiger partial charge in [-0.2, -0.15) is 0 Å². The normalized spacial score (nSPS) is 50.6.